The van der Waals surface area contributed by atoms with Crippen molar-refractivity contribution in [1.82, 2.24) is 14.9 Å². The Labute approximate surface area is 155 Å². The minimum atomic E-state index is 0.197. The van der Waals surface area contributed by atoms with Crippen LogP contribution in [0.5, 0.6) is 0 Å². The molecule has 2 fully saturated rings. The summed E-state index contributed by atoms with van der Waals surface area (Å²) >= 11 is 0. The van der Waals surface area contributed by atoms with Crippen molar-refractivity contribution in [3.63, 3.8) is 0 Å². The van der Waals surface area contributed by atoms with Crippen molar-refractivity contribution in [2.75, 3.05) is 18.0 Å². The van der Waals surface area contributed by atoms with Gasteiger partial charge in [-0.2, -0.15) is 0 Å². The lowest BCUT2D eigenvalue weighted by molar-refractivity contribution is -0.121. The summed E-state index contributed by atoms with van der Waals surface area (Å²) in [6, 6.07) is 9.31. The van der Waals surface area contributed by atoms with Crippen LogP contribution in [-0.2, 0) is 4.79 Å². The van der Waals surface area contributed by atoms with Crippen molar-refractivity contribution < 1.29 is 4.79 Å². The van der Waals surface area contributed by atoms with Crippen molar-refractivity contribution in [2.24, 2.45) is 0 Å². The number of hydrogen-bond acceptors (Lipinski definition) is 3. The highest BCUT2D eigenvalue weighted by molar-refractivity contribution is 5.79. The summed E-state index contributed by atoms with van der Waals surface area (Å²) in [5.74, 6) is 1.30. The topological polar surface area (TPSA) is 50.2 Å². The summed E-state index contributed by atoms with van der Waals surface area (Å²) in [6.45, 7) is 3.96. The minimum absolute atomic E-state index is 0.197. The minimum Gasteiger partial charge on any atom is -0.352 e. The van der Waals surface area contributed by atoms with Gasteiger partial charge in [0.15, 0.2) is 0 Å². The Hall–Kier alpha value is -2.04. The number of para-hydroxylation sites is 2. The number of nitrogens with zero attached hydrogens (tertiary/aromatic N) is 3. The molecular formula is C21H30N4O. The highest BCUT2D eigenvalue weighted by atomic mass is 16.1. The van der Waals surface area contributed by atoms with Gasteiger partial charge in [-0.25, -0.2) is 4.98 Å². The number of unbranched alkanes of at least 4 members (excludes halogenated alkanes) is 1. The fourth-order valence-electron chi connectivity index (χ4n) is 4.47. The average Bonchev–Trinajstić information content (AvgIpc) is 3.38. The van der Waals surface area contributed by atoms with E-state index in [1.165, 1.54) is 31.2 Å². The zero-order valence-electron chi connectivity index (χ0n) is 15.8. The molecule has 0 spiro atoms. The van der Waals surface area contributed by atoms with Crippen LogP contribution in [0, 0.1) is 0 Å². The van der Waals surface area contributed by atoms with E-state index in [1.807, 2.05) is 0 Å². The van der Waals surface area contributed by atoms with E-state index in [4.69, 9.17) is 4.98 Å². The molecule has 140 valence electrons. The van der Waals surface area contributed by atoms with Crippen LogP contribution >= 0.6 is 0 Å². The Morgan fingerprint density at radius 1 is 1.23 bits per heavy atom. The molecule has 1 saturated carbocycles. The number of anilines is 1. The number of imidazole rings is 1. The zero-order valence-corrected chi connectivity index (χ0v) is 15.8. The number of nitrogens with one attached hydrogen (secondary N) is 1. The number of carbonyl (C=O) groups is 1. The number of benzene rings is 1. The van der Waals surface area contributed by atoms with Gasteiger partial charge in [-0.05, 0) is 37.8 Å². The molecule has 5 nitrogen and oxygen atoms in total. The summed E-state index contributed by atoms with van der Waals surface area (Å²) in [5.41, 5.74) is 2.34. The van der Waals surface area contributed by atoms with Crippen LogP contribution in [0.3, 0.4) is 0 Å². The van der Waals surface area contributed by atoms with E-state index in [0.717, 1.165) is 43.8 Å². The molecule has 1 saturated heterocycles. The van der Waals surface area contributed by atoms with Crippen molar-refractivity contribution in [3.05, 3.63) is 24.3 Å². The maximum Gasteiger partial charge on any atom is 0.220 e. The largest absolute Gasteiger partial charge is 0.352 e. The van der Waals surface area contributed by atoms with Gasteiger partial charge in [0.2, 0.25) is 11.9 Å². The molecule has 1 amide bonds. The van der Waals surface area contributed by atoms with Crippen molar-refractivity contribution in [3.8, 4) is 0 Å². The molecule has 5 heteroatoms. The van der Waals surface area contributed by atoms with Crippen molar-refractivity contribution in [2.45, 2.75) is 70.4 Å². The number of rotatable bonds is 6. The molecule has 1 atom stereocenters. The second-order valence-corrected chi connectivity index (χ2v) is 7.81. The van der Waals surface area contributed by atoms with Gasteiger partial charge in [0, 0.05) is 31.6 Å². The van der Waals surface area contributed by atoms with Crippen molar-refractivity contribution >= 4 is 22.9 Å². The van der Waals surface area contributed by atoms with Gasteiger partial charge in [-0.1, -0.05) is 38.3 Å². The number of carbonyl (C=O) groups excluding carboxylic acids is 1. The third kappa shape index (κ3) is 3.44. The molecule has 0 unspecified atom stereocenters. The van der Waals surface area contributed by atoms with Gasteiger partial charge in [0.1, 0.15) is 0 Å². The molecule has 0 radical (unpaired) electrons. The Bertz CT molecular complexity index is 762. The SMILES string of the molecule is CCCCC(=O)N[C@@H]1CCN(c2nc3ccccc3n2C2CCCC2)C1. The average molecular weight is 354 g/mol. The summed E-state index contributed by atoms with van der Waals surface area (Å²) in [6.07, 6.45) is 8.81. The molecular weight excluding hydrogens is 324 g/mol. The van der Waals surface area contributed by atoms with E-state index in [1.54, 1.807) is 0 Å². The molecule has 1 aromatic heterocycles. The summed E-state index contributed by atoms with van der Waals surface area (Å²) in [5, 5.41) is 3.22. The second kappa shape index (κ2) is 7.68. The maximum absolute atomic E-state index is 12.1. The second-order valence-electron chi connectivity index (χ2n) is 7.81. The lowest BCUT2D eigenvalue weighted by Gasteiger charge is -2.23. The Morgan fingerprint density at radius 2 is 2.04 bits per heavy atom. The molecule has 26 heavy (non-hydrogen) atoms. The predicted octanol–water partition coefficient (Wildman–Crippen LogP) is 4.04. The Kier molecular flexibility index (Phi) is 5.14. The molecule has 4 rings (SSSR count). The van der Waals surface area contributed by atoms with E-state index in [0.29, 0.717) is 12.5 Å². The van der Waals surface area contributed by atoms with E-state index < -0.39 is 0 Å². The zero-order chi connectivity index (χ0) is 17.9. The highest BCUT2D eigenvalue weighted by Gasteiger charge is 2.30. The Balaban J connectivity index is 1.53. The van der Waals surface area contributed by atoms with Gasteiger partial charge in [0.05, 0.1) is 11.0 Å². The fraction of sp³-hybridized carbons (Fsp3) is 0.619. The van der Waals surface area contributed by atoms with E-state index >= 15 is 0 Å². The first-order valence-electron chi connectivity index (χ1n) is 10.3. The molecule has 2 aliphatic rings. The molecule has 2 heterocycles. The first-order chi connectivity index (χ1) is 12.8. The van der Waals surface area contributed by atoms with Gasteiger partial charge < -0.3 is 14.8 Å². The van der Waals surface area contributed by atoms with Crippen LogP contribution in [0.2, 0.25) is 0 Å². The van der Waals surface area contributed by atoms with Gasteiger partial charge in [-0.15, -0.1) is 0 Å². The molecule has 0 bridgehead atoms. The molecule has 1 aromatic carbocycles. The van der Waals surface area contributed by atoms with E-state index in [9.17, 15) is 4.79 Å². The summed E-state index contributed by atoms with van der Waals surface area (Å²) in [4.78, 5) is 19.4. The molecule has 1 aliphatic heterocycles. The molecule has 2 aromatic rings. The first-order valence-corrected chi connectivity index (χ1v) is 10.3. The normalized spacial score (nSPS) is 21.0. The highest BCUT2D eigenvalue weighted by Crippen LogP contribution is 2.37. The monoisotopic (exact) mass is 354 g/mol. The number of fused-ring (bicyclic) bond motifs is 1. The van der Waals surface area contributed by atoms with Crippen LogP contribution in [-0.4, -0.2) is 34.6 Å². The van der Waals surface area contributed by atoms with Crippen LogP contribution in [0.4, 0.5) is 5.95 Å². The van der Waals surface area contributed by atoms with Crippen molar-refractivity contribution in [1.29, 1.82) is 0 Å². The third-order valence-corrected chi connectivity index (χ3v) is 5.86. The molecule has 1 aliphatic carbocycles. The number of amides is 1. The van der Waals surface area contributed by atoms with Gasteiger partial charge >= 0.3 is 0 Å². The predicted molar refractivity (Wildman–Crippen MR) is 106 cm³/mol. The number of aromatic nitrogens is 2. The first kappa shape index (κ1) is 17.4. The van der Waals surface area contributed by atoms with E-state index in [-0.39, 0.29) is 11.9 Å². The quantitative estimate of drug-likeness (QED) is 0.852. The third-order valence-electron chi connectivity index (χ3n) is 5.86. The van der Waals surface area contributed by atoms with Crippen LogP contribution < -0.4 is 10.2 Å². The van der Waals surface area contributed by atoms with Gasteiger partial charge in [0.25, 0.3) is 0 Å². The number of hydrogen-bond donors (Lipinski definition) is 1. The standard InChI is InChI=1S/C21H30N4O/c1-2-3-12-20(26)22-16-13-14-24(15-16)21-23-18-10-6-7-11-19(18)25(21)17-8-4-5-9-17/h6-7,10-11,16-17H,2-5,8-9,12-15H2,1H3,(H,22,26)/t16-/m1/s1. The fourth-order valence-corrected chi connectivity index (χ4v) is 4.47. The van der Waals surface area contributed by atoms with E-state index in [2.05, 4.69) is 46.0 Å². The van der Waals surface area contributed by atoms with Crippen LogP contribution in [0.1, 0.15) is 64.3 Å². The smallest absolute Gasteiger partial charge is 0.220 e. The lowest BCUT2D eigenvalue weighted by Crippen LogP contribution is -2.37. The van der Waals surface area contributed by atoms with Gasteiger partial charge in [-0.3, -0.25) is 4.79 Å². The van der Waals surface area contributed by atoms with Crippen LogP contribution in [0.15, 0.2) is 24.3 Å². The summed E-state index contributed by atoms with van der Waals surface area (Å²) < 4.78 is 2.48. The Morgan fingerprint density at radius 3 is 2.85 bits per heavy atom. The molecule has 1 N–H and O–H groups in total. The lowest BCUT2D eigenvalue weighted by atomic mass is 10.2. The maximum atomic E-state index is 12.1. The summed E-state index contributed by atoms with van der Waals surface area (Å²) in [7, 11) is 0. The van der Waals surface area contributed by atoms with Crippen LogP contribution in [0.25, 0.3) is 11.0 Å².